The minimum atomic E-state index is -1.20. The molecule has 0 saturated carbocycles. The summed E-state index contributed by atoms with van der Waals surface area (Å²) in [4.78, 5) is 22.5. The zero-order valence-electron chi connectivity index (χ0n) is 9.33. The van der Waals surface area contributed by atoms with Gasteiger partial charge in [-0.3, -0.25) is 9.59 Å². The lowest BCUT2D eigenvalue weighted by Gasteiger charge is -2.13. The van der Waals surface area contributed by atoms with E-state index in [2.05, 4.69) is 9.47 Å². The molecule has 0 spiro atoms. The van der Waals surface area contributed by atoms with Gasteiger partial charge in [0, 0.05) is 5.71 Å². The third kappa shape index (κ3) is 4.10. The molecule has 0 aromatic carbocycles. The fourth-order valence-electron chi connectivity index (χ4n) is 1.13. The maximum absolute atomic E-state index is 11.3. The van der Waals surface area contributed by atoms with Gasteiger partial charge in [0.1, 0.15) is 0 Å². The van der Waals surface area contributed by atoms with Gasteiger partial charge >= 0.3 is 11.9 Å². The van der Waals surface area contributed by atoms with E-state index in [1.807, 2.05) is 6.92 Å². The molecule has 0 heterocycles. The van der Waals surface area contributed by atoms with E-state index in [-0.39, 0.29) is 5.71 Å². The van der Waals surface area contributed by atoms with Crippen LogP contribution in [-0.4, -0.2) is 31.9 Å². The molecule has 0 unspecified atom stereocenters. The van der Waals surface area contributed by atoms with Gasteiger partial charge in [0.25, 0.3) is 0 Å². The summed E-state index contributed by atoms with van der Waals surface area (Å²) in [6, 6.07) is 0. The minimum absolute atomic E-state index is 0.0514. The highest BCUT2D eigenvalue weighted by Crippen LogP contribution is 2.10. The van der Waals surface area contributed by atoms with Gasteiger partial charge in [0.15, 0.2) is 5.92 Å². The number of rotatable bonds is 6. The van der Waals surface area contributed by atoms with Gasteiger partial charge in [-0.2, -0.15) is 0 Å². The first-order valence-electron chi connectivity index (χ1n) is 4.81. The molecule has 0 bridgehead atoms. The second kappa shape index (κ2) is 6.98. The van der Waals surface area contributed by atoms with Crippen molar-refractivity contribution in [1.82, 2.24) is 0 Å². The average Bonchev–Trinajstić information content (AvgIpc) is 2.25. The van der Waals surface area contributed by atoms with Crippen molar-refractivity contribution in [2.45, 2.75) is 26.2 Å². The Bertz CT molecular complexity index is 234. The number of hydrogen-bond acceptors (Lipinski definition) is 5. The summed E-state index contributed by atoms with van der Waals surface area (Å²) in [5, 5.41) is 7.62. The van der Waals surface area contributed by atoms with Crippen LogP contribution in [0.4, 0.5) is 0 Å². The molecule has 0 atom stereocenters. The van der Waals surface area contributed by atoms with E-state index in [0.717, 1.165) is 12.8 Å². The number of esters is 2. The highest BCUT2D eigenvalue weighted by atomic mass is 16.5. The quantitative estimate of drug-likeness (QED) is 0.410. The predicted octanol–water partition coefficient (Wildman–Crippen LogP) is 1.16. The Balaban J connectivity index is 4.55. The predicted molar refractivity (Wildman–Crippen MR) is 54.8 cm³/mol. The van der Waals surface area contributed by atoms with E-state index >= 15 is 0 Å². The molecule has 5 heteroatoms. The van der Waals surface area contributed by atoms with Crippen LogP contribution >= 0.6 is 0 Å². The van der Waals surface area contributed by atoms with Crippen molar-refractivity contribution >= 4 is 17.7 Å². The van der Waals surface area contributed by atoms with E-state index in [1.165, 1.54) is 14.2 Å². The summed E-state index contributed by atoms with van der Waals surface area (Å²) in [5.41, 5.74) is 0.0514. The lowest BCUT2D eigenvalue weighted by molar-refractivity contribution is -0.155. The molecule has 5 nitrogen and oxygen atoms in total. The smallest absolute Gasteiger partial charge is 0.325 e. The second-order valence-electron chi connectivity index (χ2n) is 3.11. The lowest BCUT2D eigenvalue weighted by Crippen LogP contribution is -2.33. The topological polar surface area (TPSA) is 76.5 Å². The van der Waals surface area contributed by atoms with Gasteiger partial charge in [0.05, 0.1) is 14.2 Å². The van der Waals surface area contributed by atoms with E-state index < -0.39 is 17.9 Å². The number of ether oxygens (including phenoxy) is 2. The zero-order chi connectivity index (χ0) is 11.8. The molecule has 0 aliphatic rings. The van der Waals surface area contributed by atoms with E-state index in [1.54, 1.807) is 0 Å². The summed E-state index contributed by atoms with van der Waals surface area (Å²) in [5.74, 6) is -2.67. The highest BCUT2D eigenvalue weighted by Gasteiger charge is 2.32. The molecular weight excluding hydrogens is 198 g/mol. The summed E-state index contributed by atoms with van der Waals surface area (Å²) in [6.45, 7) is 1.97. The van der Waals surface area contributed by atoms with Crippen LogP contribution in [0.25, 0.3) is 0 Å². The van der Waals surface area contributed by atoms with Gasteiger partial charge < -0.3 is 14.9 Å². The first-order valence-corrected chi connectivity index (χ1v) is 4.81. The van der Waals surface area contributed by atoms with Crippen LogP contribution in [0.5, 0.6) is 0 Å². The highest BCUT2D eigenvalue weighted by molar-refractivity contribution is 6.15. The molecular formula is C10H17NO4. The largest absolute Gasteiger partial charge is 0.468 e. The lowest BCUT2D eigenvalue weighted by atomic mass is 9.99. The second-order valence-corrected chi connectivity index (χ2v) is 3.11. The average molecular weight is 215 g/mol. The molecule has 0 aliphatic carbocycles. The van der Waals surface area contributed by atoms with Crippen LogP contribution in [0, 0.1) is 11.3 Å². The zero-order valence-corrected chi connectivity index (χ0v) is 9.33. The number of methoxy groups -OCH3 is 2. The maximum atomic E-state index is 11.3. The van der Waals surface area contributed by atoms with Crippen molar-refractivity contribution in [1.29, 1.82) is 5.41 Å². The van der Waals surface area contributed by atoms with Crippen molar-refractivity contribution < 1.29 is 19.1 Å². The monoisotopic (exact) mass is 215 g/mol. The van der Waals surface area contributed by atoms with Crippen LogP contribution in [0.15, 0.2) is 0 Å². The van der Waals surface area contributed by atoms with Crippen LogP contribution in [0.3, 0.4) is 0 Å². The van der Waals surface area contributed by atoms with E-state index in [4.69, 9.17) is 5.41 Å². The van der Waals surface area contributed by atoms with Gasteiger partial charge in [-0.05, 0) is 12.8 Å². The molecule has 15 heavy (non-hydrogen) atoms. The van der Waals surface area contributed by atoms with Crippen LogP contribution in [0.1, 0.15) is 26.2 Å². The van der Waals surface area contributed by atoms with Gasteiger partial charge in [-0.25, -0.2) is 0 Å². The SMILES string of the molecule is CCCCC(=N)C(C(=O)OC)C(=O)OC. The third-order valence-electron chi connectivity index (χ3n) is 2.02. The summed E-state index contributed by atoms with van der Waals surface area (Å²) < 4.78 is 8.91. The van der Waals surface area contributed by atoms with Gasteiger partial charge in [-0.1, -0.05) is 13.3 Å². The normalized spacial score (nSPS) is 9.87. The fraction of sp³-hybridized carbons (Fsp3) is 0.700. The van der Waals surface area contributed by atoms with E-state index in [0.29, 0.717) is 6.42 Å². The Labute approximate surface area is 89.3 Å². The molecule has 0 aromatic heterocycles. The molecule has 0 radical (unpaired) electrons. The third-order valence-corrected chi connectivity index (χ3v) is 2.02. The number of nitrogens with one attached hydrogen (secondary N) is 1. The molecule has 0 aromatic rings. The molecule has 0 aliphatic heterocycles. The molecule has 0 saturated heterocycles. The summed E-state index contributed by atoms with van der Waals surface area (Å²) in [6.07, 6.45) is 2.08. The summed E-state index contributed by atoms with van der Waals surface area (Å²) in [7, 11) is 2.37. The van der Waals surface area contributed by atoms with Crippen molar-refractivity contribution in [2.24, 2.45) is 5.92 Å². The van der Waals surface area contributed by atoms with Crippen LogP contribution in [0.2, 0.25) is 0 Å². The molecule has 0 amide bonds. The number of carbonyl (C=O) groups is 2. The van der Waals surface area contributed by atoms with Crippen LogP contribution in [-0.2, 0) is 19.1 Å². The number of hydrogen-bond donors (Lipinski definition) is 1. The van der Waals surface area contributed by atoms with Gasteiger partial charge in [-0.15, -0.1) is 0 Å². The molecule has 0 fully saturated rings. The standard InChI is InChI=1S/C10H17NO4/c1-4-5-6-7(11)8(9(12)14-2)10(13)15-3/h8,11H,4-6H2,1-3H3. The Morgan fingerprint density at radius 1 is 1.20 bits per heavy atom. The Hall–Kier alpha value is -1.39. The first kappa shape index (κ1) is 13.6. The minimum Gasteiger partial charge on any atom is -0.468 e. The van der Waals surface area contributed by atoms with Crippen molar-refractivity contribution in [3.63, 3.8) is 0 Å². The number of carbonyl (C=O) groups excluding carboxylic acids is 2. The van der Waals surface area contributed by atoms with Crippen LogP contribution < -0.4 is 0 Å². The van der Waals surface area contributed by atoms with Gasteiger partial charge in [0.2, 0.25) is 0 Å². The molecule has 86 valence electrons. The maximum Gasteiger partial charge on any atom is 0.325 e. The molecule has 1 N–H and O–H groups in total. The Kier molecular flexibility index (Phi) is 6.33. The number of unbranched alkanes of at least 4 members (excludes halogenated alkanes) is 1. The van der Waals surface area contributed by atoms with Crippen molar-refractivity contribution in [2.75, 3.05) is 14.2 Å². The Morgan fingerprint density at radius 3 is 2.00 bits per heavy atom. The van der Waals surface area contributed by atoms with Crippen molar-refractivity contribution in [3.05, 3.63) is 0 Å². The Morgan fingerprint density at radius 2 is 1.67 bits per heavy atom. The van der Waals surface area contributed by atoms with Crippen molar-refractivity contribution in [3.8, 4) is 0 Å². The fourth-order valence-corrected chi connectivity index (χ4v) is 1.13. The summed E-state index contributed by atoms with van der Waals surface area (Å²) >= 11 is 0. The molecule has 0 rings (SSSR count). The first-order chi connectivity index (χ1) is 7.08. The van der Waals surface area contributed by atoms with E-state index in [9.17, 15) is 9.59 Å².